The average molecular weight is 328 g/mol. The molecule has 23 heavy (non-hydrogen) atoms. The molecule has 2 aliphatic rings. The van der Waals surface area contributed by atoms with E-state index in [1.54, 1.807) is 0 Å². The summed E-state index contributed by atoms with van der Waals surface area (Å²) in [5.74, 6) is 0. The third-order valence-electron chi connectivity index (χ3n) is 4.44. The number of hydrogen-bond acceptors (Lipinski definition) is 4. The largest absolute Gasteiger partial charge is 0.323 e. The van der Waals surface area contributed by atoms with Crippen molar-refractivity contribution < 1.29 is 4.79 Å². The maximum Gasteiger partial charge on any atom is 0.323 e. The standard InChI is InChI=1S/C17H20N4OS/c22-17(21-10-8-20(9-11-21)14-6-7-14)19-16-18-12-15(23-16)13-4-2-1-3-5-13/h1-5,12,14H,6-11H2,(H,18,19,22). The Bertz CT molecular complexity index is 675. The summed E-state index contributed by atoms with van der Waals surface area (Å²) in [4.78, 5) is 22.2. The zero-order valence-corrected chi connectivity index (χ0v) is 13.8. The minimum atomic E-state index is -0.0330. The second-order valence-corrected chi connectivity index (χ2v) is 7.11. The van der Waals surface area contributed by atoms with Crippen LogP contribution in [0.2, 0.25) is 0 Å². The van der Waals surface area contributed by atoms with Gasteiger partial charge in [0.1, 0.15) is 0 Å². The van der Waals surface area contributed by atoms with Gasteiger partial charge in [-0.3, -0.25) is 10.2 Å². The van der Waals surface area contributed by atoms with E-state index in [1.165, 1.54) is 24.2 Å². The van der Waals surface area contributed by atoms with Crippen LogP contribution in [0.25, 0.3) is 10.4 Å². The number of nitrogens with zero attached hydrogens (tertiary/aromatic N) is 3. The fourth-order valence-corrected chi connectivity index (χ4v) is 3.78. The van der Waals surface area contributed by atoms with Crippen molar-refractivity contribution >= 4 is 22.5 Å². The second kappa shape index (κ2) is 6.29. The Morgan fingerprint density at radius 1 is 1.13 bits per heavy atom. The highest BCUT2D eigenvalue weighted by molar-refractivity contribution is 7.19. The number of anilines is 1. The van der Waals surface area contributed by atoms with E-state index in [1.807, 2.05) is 29.3 Å². The van der Waals surface area contributed by atoms with Crippen molar-refractivity contribution in [3.05, 3.63) is 36.5 Å². The number of benzene rings is 1. The molecule has 0 spiro atoms. The molecule has 2 aromatic rings. The average Bonchev–Trinajstić information content (AvgIpc) is 3.35. The van der Waals surface area contributed by atoms with Gasteiger partial charge in [0, 0.05) is 38.4 Å². The monoisotopic (exact) mass is 328 g/mol. The Balaban J connectivity index is 1.35. The van der Waals surface area contributed by atoms with Gasteiger partial charge in [-0.05, 0) is 18.4 Å². The predicted molar refractivity (Wildman–Crippen MR) is 92.7 cm³/mol. The Kier molecular flexibility index (Phi) is 4.01. The van der Waals surface area contributed by atoms with Crippen LogP contribution in [-0.2, 0) is 0 Å². The van der Waals surface area contributed by atoms with Gasteiger partial charge in [-0.25, -0.2) is 9.78 Å². The smallest absolute Gasteiger partial charge is 0.322 e. The number of hydrogen-bond donors (Lipinski definition) is 1. The molecule has 1 saturated carbocycles. The lowest BCUT2D eigenvalue weighted by Crippen LogP contribution is -2.50. The second-order valence-electron chi connectivity index (χ2n) is 6.08. The van der Waals surface area contributed by atoms with E-state index < -0.39 is 0 Å². The van der Waals surface area contributed by atoms with Crippen LogP contribution in [0.15, 0.2) is 36.5 Å². The van der Waals surface area contributed by atoms with Gasteiger partial charge in [-0.15, -0.1) is 0 Å². The minimum absolute atomic E-state index is 0.0330. The van der Waals surface area contributed by atoms with Crippen LogP contribution in [0, 0.1) is 0 Å². The molecular weight excluding hydrogens is 308 g/mol. The molecule has 1 aliphatic heterocycles. The number of thiazole rings is 1. The first-order valence-electron chi connectivity index (χ1n) is 8.11. The van der Waals surface area contributed by atoms with E-state index in [-0.39, 0.29) is 6.03 Å². The highest BCUT2D eigenvalue weighted by Crippen LogP contribution is 2.29. The minimum Gasteiger partial charge on any atom is -0.322 e. The maximum absolute atomic E-state index is 12.4. The van der Waals surface area contributed by atoms with Crippen LogP contribution in [-0.4, -0.2) is 53.0 Å². The van der Waals surface area contributed by atoms with E-state index >= 15 is 0 Å². The van der Waals surface area contributed by atoms with E-state index in [4.69, 9.17) is 0 Å². The number of carbonyl (C=O) groups is 1. The molecule has 2 amide bonds. The summed E-state index contributed by atoms with van der Waals surface area (Å²) in [6.45, 7) is 3.59. The molecule has 1 N–H and O–H groups in total. The first-order chi connectivity index (χ1) is 11.3. The van der Waals surface area contributed by atoms with Gasteiger partial charge in [0.2, 0.25) is 0 Å². The molecule has 0 unspecified atom stereocenters. The highest BCUT2D eigenvalue weighted by Gasteiger charge is 2.32. The van der Waals surface area contributed by atoms with Gasteiger partial charge < -0.3 is 4.90 Å². The molecule has 2 heterocycles. The van der Waals surface area contributed by atoms with E-state index in [0.29, 0.717) is 5.13 Å². The third-order valence-corrected chi connectivity index (χ3v) is 5.40. The number of amides is 2. The van der Waals surface area contributed by atoms with Crippen molar-refractivity contribution in [2.45, 2.75) is 18.9 Å². The summed E-state index contributed by atoms with van der Waals surface area (Å²) < 4.78 is 0. The van der Waals surface area contributed by atoms with Crippen LogP contribution >= 0.6 is 11.3 Å². The molecule has 0 radical (unpaired) electrons. The summed E-state index contributed by atoms with van der Waals surface area (Å²) in [6, 6.07) is 10.9. The van der Waals surface area contributed by atoms with Gasteiger partial charge in [-0.2, -0.15) is 0 Å². The number of nitrogens with one attached hydrogen (secondary N) is 1. The highest BCUT2D eigenvalue weighted by atomic mass is 32.1. The molecule has 0 bridgehead atoms. The molecular formula is C17H20N4OS. The summed E-state index contributed by atoms with van der Waals surface area (Å²) in [5.41, 5.74) is 1.13. The van der Waals surface area contributed by atoms with Crippen molar-refractivity contribution in [3.8, 4) is 10.4 Å². The normalized spacial score (nSPS) is 18.9. The molecule has 0 atom stereocenters. The number of piperazine rings is 1. The Morgan fingerprint density at radius 3 is 2.57 bits per heavy atom. The summed E-state index contributed by atoms with van der Waals surface area (Å²) in [5, 5.41) is 3.60. The van der Waals surface area contributed by atoms with E-state index in [2.05, 4.69) is 27.3 Å². The van der Waals surface area contributed by atoms with Gasteiger partial charge in [0.05, 0.1) is 4.88 Å². The fourth-order valence-electron chi connectivity index (χ4n) is 2.97. The number of urea groups is 1. The van der Waals surface area contributed by atoms with Crippen molar-refractivity contribution in [1.82, 2.24) is 14.8 Å². The molecule has 6 heteroatoms. The van der Waals surface area contributed by atoms with Gasteiger partial charge in [0.15, 0.2) is 5.13 Å². The van der Waals surface area contributed by atoms with Crippen molar-refractivity contribution in [1.29, 1.82) is 0 Å². The van der Waals surface area contributed by atoms with Crippen LogP contribution in [0.5, 0.6) is 0 Å². The number of carbonyl (C=O) groups excluding carboxylic acids is 1. The molecule has 1 aliphatic carbocycles. The van der Waals surface area contributed by atoms with E-state index in [9.17, 15) is 4.79 Å². The SMILES string of the molecule is O=C(Nc1ncc(-c2ccccc2)s1)N1CCN(C2CC2)CC1. The molecule has 1 aromatic carbocycles. The topological polar surface area (TPSA) is 48.5 Å². The van der Waals surface area contributed by atoms with Gasteiger partial charge >= 0.3 is 6.03 Å². The Morgan fingerprint density at radius 2 is 1.87 bits per heavy atom. The van der Waals surface area contributed by atoms with E-state index in [0.717, 1.165) is 42.7 Å². The summed E-state index contributed by atoms with van der Waals surface area (Å²) in [6.07, 6.45) is 4.47. The number of aromatic nitrogens is 1. The molecule has 2 fully saturated rings. The van der Waals surface area contributed by atoms with Gasteiger partial charge in [-0.1, -0.05) is 41.7 Å². The van der Waals surface area contributed by atoms with Crippen LogP contribution in [0.1, 0.15) is 12.8 Å². The Labute approximate surface area is 139 Å². The predicted octanol–water partition coefficient (Wildman–Crippen LogP) is 3.12. The first-order valence-corrected chi connectivity index (χ1v) is 8.92. The zero-order valence-electron chi connectivity index (χ0n) is 12.9. The zero-order chi connectivity index (χ0) is 15.6. The lowest BCUT2D eigenvalue weighted by Gasteiger charge is -2.34. The van der Waals surface area contributed by atoms with Crippen molar-refractivity contribution in [2.75, 3.05) is 31.5 Å². The van der Waals surface area contributed by atoms with Crippen molar-refractivity contribution in [2.24, 2.45) is 0 Å². The Hall–Kier alpha value is -1.92. The van der Waals surface area contributed by atoms with Crippen LogP contribution in [0.4, 0.5) is 9.93 Å². The van der Waals surface area contributed by atoms with Crippen molar-refractivity contribution in [3.63, 3.8) is 0 Å². The summed E-state index contributed by atoms with van der Waals surface area (Å²) >= 11 is 1.51. The summed E-state index contributed by atoms with van der Waals surface area (Å²) in [7, 11) is 0. The molecule has 4 rings (SSSR count). The number of rotatable bonds is 3. The lowest BCUT2D eigenvalue weighted by molar-refractivity contribution is 0.142. The molecule has 1 aromatic heterocycles. The van der Waals surface area contributed by atoms with Crippen LogP contribution < -0.4 is 5.32 Å². The lowest BCUT2D eigenvalue weighted by atomic mass is 10.2. The molecule has 5 nitrogen and oxygen atoms in total. The molecule has 120 valence electrons. The van der Waals surface area contributed by atoms with Gasteiger partial charge in [0.25, 0.3) is 0 Å². The first kappa shape index (κ1) is 14.7. The molecule has 1 saturated heterocycles. The maximum atomic E-state index is 12.4. The quantitative estimate of drug-likeness (QED) is 0.942. The fraction of sp³-hybridized carbons (Fsp3) is 0.412. The van der Waals surface area contributed by atoms with Crippen LogP contribution in [0.3, 0.4) is 0 Å². The third kappa shape index (κ3) is 3.38.